The van der Waals surface area contributed by atoms with Gasteiger partial charge in [0.2, 0.25) is 0 Å². The molecule has 4 heteroatoms. The second-order valence-electron chi connectivity index (χ2n) is 6.16. The Bertz CT molecular complexity index is 785. The van der Waals surface area contributed by atoms with Crippen LogP contribution in [0.4, 0.5) is 5.69 Å². The number of para-hydroxylation sites is 1. The van der Waals surface area contributed by atoms with E-state index in [9.17, 15) is 0 Å². The molecule has 118 valence electrons. The molecule has 0 aliphatic carbocycles. The third kappa shape index (κ3) is 3.22. The molecular formula is C19H21N3S. The van der Waals surface area contributed by atoms with E-state index in [1.54, 1.807) is 0 Å². The van der Waals surface area contributed by atoms with Crippen LogP contribution in [-0.2, 0) is 5.75 Å². The minimum Gasteiger partial charge on any atom is -0.371 e. The van der Waals surface area contributed by atoms with E-state index in [1.165, 1.54) is 47.5 Å². The lowest BCUT2D eigenvalue weighted by atomic mass is 10.2. The topological polar surface area (TPSA) is 31.9 Å². The van der Waals surface area contributed by atoms with Gasteiger partial charge in [0.1, 0.15) is 0 Å². The first-order chi connectivity index (χ1) is 11.3. The van der Waals surface area contributed by atoms with Gasteiger partial charge in [0.15, 0.2) is 0 Å². The van der Waals surface area contributed by atoms with Crippen molar-refractivity contribution in [2.24, 2.45) is 0 Å². The lowest BCUT2D eigenvalue weighted by molar-refractivity contribution is 0.949. The second-order valence-corrected chi connectivity index (χ2v) is 7.18. The standard InChI is InChI=1S/C19H21N3S/c1-14-10-17(22-8-4-5-9-22)12-16(20-14)13-23-19-11-15-6-2-3-7-18(15)21-19/h2-3,6-7,10-12,21H,4-5,8-9,13H2,1H3. The number of thioether (sulfide) groups is 1. The summed E-state index contributed by atoms with van der Waals surface area (Å²) in [7, 11) is 0. The zero-order chi connectivity index (χ0) is 15.6. The van der Waals surface area contributed by atoms with Crippen LogP contribution in [0.25, 0.3) is 10.9 Å². The summed E-state index contributed by atoms with van der Waals surface area (Å²) in [5, 5.41) is 2.47. The smallest absolute Gasteiger partial charge is 0.0736 e. The van der Waals surface area contributed by atoms with Gasteiger partial charge < -0.3 is 9.88 Å². The SMILES string of the molecule is Cc1cc(N2CCCC2)cc(CSc2cc3ccccc3[nH]2)n1. The van der Waals surface area contributed by atoms with E-state index in [4.69, 9.17) is 4.98 Å². The number of nitrogens with one attached hydrogen (secondary N) is 1. The van der Waals surface area contributed by atoms with Crippen LogP contribution < -0.4 is 4.90 Å². The van der Waals surface area contributed by atoms with Gasteiger partial charge in [-0.25, -0.2) is 0 Å². The van der Waals surface area contributed by atoms with E-state index in [0.29, 0.717) is 0 Å². The summed E-state index contributed by atoms with van der Waals surface area (Å²) >= 11 is 1.82. The lowest BCUT2D eigenvalue weighted by Gasteiger charge is -2.18. The fourth-order valence-corrected chi connectivity index (χ4v) is 4.07. The molecule has 23 heavy (non-hydrogen) atoms. The average Bonchev–Trinajstić information content (AvgIpc) is 3.21. The fourth-order valence-electron chi connectivity index (χ4n) is 3.23. The molecule has 1 fully saturated rings. The first kappa shape index (κ1) is 14.6. The predicted molar refractivity (Wildman–Crippen MR) is 98.3 cm³/mol. The number of nitrogens with zero attached hydrogens (tertiary/aromatic N) is 2. The number of aryl methyl sites for hydroxylation is 1. The number of aromatic nitrogens is 2. The summed E-state index contributed by atoms with van der Waals surface area (Å²) in [5.74, 6) is 0.898. The molecule has 1 aromatic carbocycles. The Hall–Kier alpha value is -1.94. The maximum atomic E-state index is 4.71. The zero-order valence-corrected chi connectivity index (χ0v) is 14.2. The Morgan fingerprint density at radius 3 is 2.78 bits per heavy atom. The Labute approximate surface area is 141 Å². The molecule has 1 aliphatic rings. The molecule has 3 aromatic rings. The summed E-state index contributed by atoms with van der Waals surface area (Å²) in [4.78, 5) is 10.7. The Balaban J connectivity index is 1.51. The third-order valence-corrected chi connectivity index (χ3v) is 5.31. The lowest BCUT2D eigenvalue weighted by Crippen LogP contribution is -2.18. The minimum atomic E-state index is 0.898. The monoisotopic (exact) mass is 323 g/mol. The quantitative estimate of drug-likeness (QED) is 0.702. The van der Waals surface area contributed by atoms with Crippen molar-refractivity contribution in [3.63, 3.8) is 0 Å². The Morgan fingerprint density at radius 2 is 1.96 bits per heavy atom. The van der Waals surface area contributed by atoms with Crippen molar-refractivity contribution in [1.29, 1.82) is 0 Å². The van der Waals surface area contributed by atoms with Crippen LogP contribution in [-0.4, -0.2) is 23.1 Å². The number of pyridine rings is 1. The van der Waals surface area contributed by atoms with Crippen molar-refractivity contribution in [3.8, 4) is 0 Å². The average molecular weight is 323 g/mol. The summed E-state index contributed by atoms with van der Waals surface area (Å²) < 4.78 is 0. The number of fused-ring (bicyclic) bond motifs is 1. The Morgan fingerprint density at radius 1 is 1.13 bits per heavy atom. The minimum absolute atomic E-state index is 0.898. The maximum absolute atomic E-state index is 4.71. The third-order valence-electron chi connectivity index (χ3n) is 4.34. The van der Waals surface area contributed by atoms with Gasteiger partial charge in [-0.15, -0.1) is 11.8 Å². The van der Waals surface area contributed by atoms with E-state index in [2.05, 4.69) is 59.3 Å². The van der Waals surface area contributed by atoms with Gasteiger partial charge in [-0.3, -0.25) is 4.98 Å². The number of hydrogen-bond acceptors (Lipinski definition) is 3. The highest BCUT2D eigenvalue weighted by atomic mass is 32.2. The molecular weight excluding hydrogens is 302 g/mol. The molecule has 3 heterocycles. The van der Waals surface area contributed by atoms with E-state index in [-0.39, 0.29) is 0 Å². The first-order valence-electron chi connectivity index (χ1n) is 8.21. The second kappa shape index (κ2) is 6.28. The Kier molecular flexibility index (Phi) is 4.00. The molecule has 2 aromatic heterocycles. The van der Waals surface area contributed by atoms with Crippen LogP contribution >= 0.6 is 11.8 Å². The number of hydrogen-bond donors (Lipinski definition) is 1. The molecule has 0 unspecified atom stereocenters. The zero-order valence-electron chi connectivity index (χ0n) is 13.4. The number of benzene rings is 1. The number of rotatable bonds is 4. The highest BCUT2D eigenvalue weighted by molar-refractivity contribution is 7.98. The van der Waals surface area contributed by atoms with E-state index < -0.39 is 0 Å². The molecule has 1 N–H and O–H groups in total. The van der Waals surface area contributed by atoms with Gasteiger partial charge >= 0.3 is 0 Å². The van der Waals surface area contributed by atoms with E-state index in [1.807, 2.05) is 11.8 Å². The van der Waals surface area contributed by atoms with Crippen molar-refractivity contribution < 1.29 is 0 Å². The molecule has 3 nitrogen and oxygen atoms in total. The fraction of sp³-hybridized carbons (Fsp3) is 0.316. The summed E-state index contributed by atoms with van der Waals surface area (Å²) in [5.41, 5.74) is 4.81. The number of H-pyrrole nitrogens is 1. The maximum Gasteiger partial charge on any atom is 0.0736 e. The largest absolute Gasteiger partial charge is 0.371 e. The van der Waals surface area contributed by atoms with Gasteiger partial charge in [0, 0.05) is 41.1 Å². The number of anilines is 1. The normalized spacial score (nSPS) is 14.7. The molecule has 0 bridgehead atoms. The summed E-state index contributed by atoms with van der Waals surface area (Å²) in [6.45, 7) is 4.45. The molecule has 1 aliphatic heterocycles. The van der Waals surface area contributed by atoms with Gasteiger partial charge in [-0.1, -0.05) is 18.2 Å². The van der Waals surface area contributed by atoms with Crippen molar-refractivity contribution in [1.82, 2.24) is 9.97 Å². The van der Waals surface area contributed by atoms with Crippen LogP contribution in [0.5, 0.6) is 0 Å². The van der Waals surface area contributed by atoms with Crippen molar-refractivity contribution in [2.75, 3.05) is 18.0 Å². The van der Waals surface area contributed by atoms with Crippen LogP contribution in [0, 0.1) is 6.92 Å². The van der Waals surface area contributed by atoms with Crippen LogP contribution in [0.2, 0.25) is 0 Å². The molecule has 0 spiro atoms. The molecule has 1 saturated heterocycles. The van der Waals surface area contributed by atoms with E-state index >= 15 is 0 Å². The van der Waals surface area contributed by atoms with Gasteiger partial charge in [0.25, 0.3) is 0 Å². The van der Waals surface area contributed by atoms with Gasteiger partial charge in [-0.2, -0.15) is 0 Å². The summed E-state index contributed by atoms with van der Waals surface area (Å²) in [6.07, 6.45) is 2.61. The van der Waals surface area contributed by atoms with Crippen molar-refractivity contribution in [3.05, 3.63) is 53.9 Å². The molecule has 0 amide bonds. The number of aromatic amines is 1. The highest BCUT2D eigenvalue weighted by Crippen LogP contribution is 2.28. The van der Waals surface area contributed by atoms with Gasteiger partial charge in [0.05, 0.1) is 10.7 Å². The van der Waals surface area contributed by atoms with Gasteiger partial charge in [-0.05, 0) is 44.0 Å². The first-order valence-corrected chi connectivity index (χ1v) is 9.19. The predicted octanol–water partition coefficient (Wildman–Crippen LogP) is 4.76. The highest BCUT2D eigenvalue weighted by Gasteiger charge is 2.14. The summed E-state index contributed by atoms with van der Waals surface area (Å²) in [6, 6.07) is 15.1. The molecule has 0 atom stereocenters. The van der Waals surface area contributed by atoms with Crippen molar-refractivity contribution >= 4 is 28.4 Å². The van der Waals surface area contributed by atoms with Crippen LogP contribution in [0.3, 0.4) is 0 Å². The molecule has 0 radical (unpaired) electrons. The van der Waals surface area contributed by atoms with Crippen LogP contribution in [0.1, 0.15) is 24.2 Å². The van der Waals surface area contributed by atoms with Crippen LogP contribution in [0.15, 0.2) is 47.5 Å². The van der Waals surface area contributed by atoms with Crippen molar-refractivity contribution in [2.45, 2.75) is 30.5 Å². The molecule has 0 saturated carbocycles. The molecule has 4 rings (SSSR count). The van der Waals surface area contributed by atoms with E-state index in [0.717, 1.165) is 17.1 Å².